The second kappa shape index (κ2) is 4.69. The van der Waals surface area contributed by atoms with E-state index in [0.717, 1.165) is 0 Å². The first-order valence-corrected chi connectivity index (χ1v) is 3.33. The van der Waals surface area contributed by atoms with Crippen molar-refractivity contribution in [3.63, 3.8) is 0 Å². The predicted molar refractivity (Wildman–Crippen MR) is 37.9 cm³/mol. The molecule has 0 spiro atoms. The van der Waals surface area contributed by atoms with Crippen molar-refractivity contribution in [3.8, 4) is 6.07 Å². The number of aliphatic carboxylic acids is 1. The standard InChI is InChI=1S/C7H11NO3/c1-5(3-7(9)10)11-6(2)4-8/h5-6H,3H2,1-2H3,(H,9,10)/t5-,6-/m1/s1. The number of carboxylic acids is 1. The summed E-state index contributed by atoms with van der Waals surface area (Å²) in [4.78, 5) is 10.1. The van der Waals surface area contributed by atoms with Crippen LogP contribution >= 0.6 is 0 Å². The van der Waals surface area contributed by atoms with Crippen LogP contribution in [0.2, 0.25) is 0 Å². The van der Waals surface area contributed by atoms with Gasteiger partial charge in [-0.25, -0.2) is 0 Å². The van der Waals surface area contributed by atoms with E-state index in [4.69, 9.17) is 15.1 Å². The molecule has 11 heavy (non-hydrogen) atoms. The molecule has 0 saturated heterocycles. The second-order valence-electron chi connectivity index (χ2n) is 2.32. The van der Waals surface area contributed by atoms with Crippen molar-refractivity contribution in [2.45, 2.75) is 32.5 Å². The SMILES string of the molecule is C[C@H](C#N)O[C@H](C)CC(=O)O. The van der Waals surface area contributed by atoms with Crippen LogP contribution in [-0.4, -0.2) is 23.3 Å². The zero-order valence-corrected chi connectivity index (χ0v) is 6.57. The summed E-state index contributed by atoms with van der Waals surface area (Å²) in [5.74, 6) is -0.914. The van der Waals surface area contributed by atoms with Crippen LogP contribution in [-0.2, 0) is 9.53 Å². The maximum Gasteiger partial charge on any atom is 0.305 e. The summed E-state index contributed by atoms with van der Waals surface area (Å²) in [5.41, 5.74) is 0. The van der Waals surface area contributed by atoms with Gasteiger partial charge in [-0.1, -0.05) is 0 Å². The van der Waals surface area contributed by atoms with Crippen molar-refractivity contribution in [2.24, 2.45) is 0 Å². The van der Waals surface area contributed by atoms with Gasteiger partial charge in [-0.15, -0.1) is 0 Å². The van der Waals surface area contributed by atoms with E-state index in [1.807, 2.05) is 6.07 Å². The third-order valence-corrected chi connectivity index (χ3v) is 1.08. The summed E-state index contributed by atoms with van der Waals surface area (Å²) in [6, 6.07) is 1.85. The van der Waals surface area contributed by atoms with Crippen molar-refractivity contribution >= 4 is 5.97 Å². The van der Waals surface area contributed by atoms with E-state index in [1.165, 1.54) is 0 Å². The molecule has 0 aliphatic carbocycles. The van der Waals surface area contributed by atoms with E-state index >= 15 is 0 Å². The van der Waals surface area contributed by atoms with Gasteiger partial charge < -0.3 is 9.84 Å². The van der Waals surface area contributed by atoms with Crippen LogP contribution < -0.4 is 0 Å². The zero-order chi connectivity index (χ0) is 8.85. The molecule has 0 aromatic heterocycles. The largest absolute Gasteiger partial charge is 0.481 e. The average molecular weight is 157 g/mol. The second-order valence-corrected chi connectivity index (χ2v) is 2.32. The summed E-state index contributed by atoms with van der Waals surface area (Å²) >= 11 is 0. The Balaban J connectivity index is 3.62. The molecule has 0 aromatic carbocycles. The topological polar surface area (TPSA) is 70.3 Å². The summed E-state index contributed by atoms with van der Waals surface area (Å²) in [7, 11) is 0. The van der Waals surface area contributed by atoms with Crippen molar-refractivity contribution in [1.29, 1.82) is 5.26 Å². The van der Waals surface area contributed by atoms with Gasteiger partial charge in [0.2, 0.25) is 0 Å². The van der Waals surface area contributed by atoms with Crippen LogP contribution in [0.4, 0.5) is 0 Å². The van der Waals surface area contributed by atoms with Gasteiger partial charge in [0.05, 0.1) is 18.6 Å². The van der Waals surface area contributed by atoms with Crippen LogP contribution in [0.3, 0.4) is 0 Å². The molecule has 0 bridgehead atoms. The minimum Gasteiger partial charge on any atom is -0.481 e. The fourth-order valence-corrected chi connectivity index (χ4v) is 0.673. The predicted octanol–water partition coefficient (Wildman–Crippen LogP) is 0.778. The molecule has 0 heterocycles. The molecular weight excluding hydrogens is 146 g/mol. The molecule has 4 nitrogen and oxygen atoms in total. The lowest BCUT2D eigenvalue weighted by molar-refractivity contribution is -0.140. The first-order valence-electron chi connectivity index (χ1n) is 3.33. The Labute approximate surface area is 65.4 Å². The van der Waals surface area contributed by atoms with Crippen molar-refractivity contribution in [1.82, 2.24) is 0 Å². The summed E-state index contributed by atoms with van der Waals surface area (Å²) in [6.07, 6.45) is -1.00. The van der Waals surface area contributed by atoms with Gasteiger partial charge in [0.25, 0.3) is 0 Å². The Bertz CT molecular complexity index is 173. The number of carboxylic acid groups (broad SMARTS) is 1. The van der Waals surface area contributed by atoms with E-state index in [9.17, 15) is 4.79 Å². The Hall–Kier alpha value is -1.08. The van der Waals surface area contributed by atoms with Gasteiger partial charge in [0.1, 0.15) is 6.10 Å². The minimum absolute atomic E-state index is 0.0635. The number of carbonyl (C=O) groups is 1. The number of rotatable bonds is 4. The molecule has 1 N–H and O–H groups in total. The highest BCUT2D eigenvalue weighted by molar-refractivity contribution is 5.67. The quantitative estimate of drug-likeness (QED) is 0.654. The van der Waals surface area contributed by atoms with Gasteiger partial charge >= 0.3 is 5.97 Å². The molecule has 0 unspecified atom stereocenters. The fourth-order valence-electron chi connectivity index (χ4n) is 0.673. The Morgan fingerprint density at radius 3 is 2.64 bits per heavy atom. The van der Waals surface area contributed by atoms with Crippen LogP contribution in [0.1, 0.15) is 20.3 Å². The molecule has 0 aromatic rings. The molecule has 0 rings (SSSR count). The van der Waals surface area contributed by atoms with Gasteiger partial charge in [-0.05, 0) is 13.8 Å². The molecule has 0 fully saturated rings. The molecular formula is C7H11NO3. The zero-order valence-electron chi connectivity index (χ0n) is 6.57. The molecule has 0 radical (unpaired) electrons. The maximum atomic E-state index is 10.1. The smallest absolute Gasteiger partial charge is 0.305 e. The summed E-state index contributed by atoms with van der Waals surface area (Å²) < 4.78 is 4.97. The van der Waals surface area contributed by atoms with E-state index in [-0.39, 0.29) is 6.42 Å². The first-order chi connectivity index (χ1) is 5.06. The number of nitrogens with zero attached hydrogens (tertiary/aromatic N) is 1. The highest BCUT2D eigenvalue weighted by atomic mass is 16.5. The highest BCUT2D eigenvalue weighted by Crippen LogP contribution is 2.00. The van der Waals surface area contributed by atoms with Gasteiger partial charge in [-0.2, -0.15) is 5.26 Å². The maximum absolute atomic E-state index is 10.1. The third kappa shape index (κ3) is 5.37. The molecule has 0 aliphatic rings. The fraction of sp³-hybridized carbons (Fsp3) is 0.714. The monoisotopic (exact) mass is 157 g/mol. The number of hydrogen-bond acceptors (Lipinski definition) is 3. The number of hydrogen-bond donors (Lipinski definition) is 1. The average Bonchev–Trinajstić information content (AvgIpc) is 1.85. The van der Waals surface area contributed by atoms with Crippen LogP contribution in [0.15, 0.2) is 0 Å². The molecule has 62 valence electrons. The van der Waals surface area contributed by atoms with Crippen LogP contribution in [0.25, 0.3) is 0 Å². The molecule has 4 heteroatoms. The number of ether oxygens (including phenoxy) is 1. The normalized spacial score (nSPS) is 15.0. The molecule has 2 atom stereocenters. The lowest BCUT2D eigenvalue weighted by atomic mass is 10.3. The summed E-state index contributed by atoms with van der Waals surface area (Å²) in [5, 5.41) is 16.6. The van der Waals surface area contributed by atoms with Gasteiger partial charge in [0.15, 0.2) is 0 Å². The molecule has 0 saturated carbocycles. The van der Waals surface area contributed by atoms with Crippen molar-refractivity contribution in [3.05, 3.63) is 0 Å². The van der Waals surface area contributed by atoms with E-state index < -0.39 is 18.2 Å². The molecule has 0 aliphatic heterocycles. The highest BCUT2D eigenvalue weighted by Gasteiger charge is 2.10. The van der Waals surface area contributed by atoms with E-state index in [1.54, 1.807) is 13.8 Å². The molecule has 0 amide bonds. The van der Waals surface area contributed by atoms with Crippen molar-refractivity contribution in [2.75, 3.05) is 0 Å². The lowest BCUT2D eigenvalue weighted by Crippen LogP contribution is -2.18. The number of nitriles is 1. The Kier molecular flexibility index (Phi) is 4.23. The van der Waals surface area contributed by atoms with E-state index in [0.29, 0.717) is 0 Å². The Morgan fingerprint density at radius 2 is 2.27 bits per heavy atom. The minimum atomic E-state index is -0.914. The lowest BCUT2D eigenvalue weighted by Gasteiger charge is -2.11. The summed E-state index contributed by atoms with van der Waals surface area (Å²) in [6.45, 7) is 3.21. The van der Waals surface area contributed by atoms with Crippen LogP contribution in [0.5, 0.6) is 0 Å². The van der Waals surface area contributed by atoms with Gasteiger partial charge in [0, 0.05) is 0 Å². The Morgan fingerprint density at radius 1 is 1.73 bits per heavy atom. The van der Waals surface area contributed by atoms with E-state index in [2.05, 4.69) is 0 Å². The van der Waals surface area contributed by atoms with Crippen molar-refractivity contribution < 1.29 is 14.6 Å². The first kappa shape index (κ1) is 9.92. The van der Waals surface area contributed by atoms with Crippen LogP contribution in [0, 0.1) is 11.3 Å². The van der Waals surface area contributed by atoms with Gasteiger partial charge in [-0.3, -0.25) is 4.79 Å². The third-order valence-electron chi connectivity index (χ3n) is 1.08.